The zero-order chi connectivity index (χ0) is 12.8. The Hall–Kier alpha value is -1.16. The summed E-state index contributed by atoms with van der Waals surface area (Å²) in [4.78, 5) is 8.46. The SMILES string of the molecule is CC(C)c1cc(NC(CCO)C(C)C)ncn1. The van der Waals surface area contributed by atoms with E-state index >= 15 is 0 Å². The smallest absolute Gasteiger partial charge is 0.129 e. The van der Waals surface area contributed by atoms with Gasteiger partial charge in [-0.3, -0.25) is 0 Å². The maximum absolute atomic E-state index is 9.03. The largest absolute Gasteiger partial charge is 0.396 e. The number of anilines is 1. The lowest BCUT2D eigenvalue weighted by Gasteiger charge is -2.22. The molecule has 1 atom stereocenters. The van der Waals surface area contributed by atoms with E-state index in [1.54, 1.807) is 6.33 Å². The number of aliphatic hydroxyl groups excluding tert-OH is 1. The number of rotatable bonds is 6. The molecular weight excluding hydrogens is 214 g/mol. The monoisotopic (exact) mass is 237 g/mol. The molecule has 96 valence electrons. The first-order valence-corrected chi connectivity index (χ1v) is 6.24. The van der Waals surface area contributed by atoms with Crippen LogP contribution in [0.3, 0.4) is 0 Å². The van der Waals surface area contributed by atoms with Crippen LogP contribution in [0.1, 0.15) is 45.7 Å². The van der Waals surface area contributed by atoms with Gasteiger partial charge in [-0.1, -0.05) is 27.7 Å². The lowest BCUT2D eigenvalue weighted by molar-refractivity contribution is 0.267. The van der Waals surface area contributed by atoms with E-state index in [1.165, 1.54) is 0 Å². The Morgan fingerprint density at radius 3 is 2.47 bits per heavy atom. The van der Waals surface area contributed by atoms with E-state index in [4.69, 9.17) is 5.11 Å². The Morgan fingerprint density at radius 2 is 1.94 bits per heavy atom. The number of nitrogens with zero attached hydrogens (tertiary/aromatic N) is 2. The van der Waals surface area contributed by atoms with Crippen LogP contribution >= 0.6 is 0 Å². The Morgan fingerprint density at radius 1 is 1.24 bits per heavy atom. The molecule has 0 aliphatic heterocycles. The summed E-state index contributed by atoms with van der Waals surface area (Å²) < 4.78 is 0. The van der Waals surface area contributed by atoms with Gasteiger partial charge in [-0.25, -0.2) is 9.97 Å². The highest BCUT2D eigenvalue weighted by Crippen LogP contribution is 2.17. The van der Waals surface area contributed by atoms with E-state index in [0.29, 0.717) is 11.8 Å². The molecule has 0 radical (unpaired) electrons. The van der Waals surface area contributed by atoms with Crippen molar-refractivity contribution in [3.63, 3.8) is 0 Å². The fourth-order valence-corrected chi connectivity index (χ4v) is 1.67. The Labute approximate surface area is 103 Å². The molecule has 4 nitrogen and oxygen atoms in total. The molecule has 17 heavy (non-hydrogen) atoms. The molecule has 0 aliphatic carbocycles. The molecule has 0 fully saturated rings. The van der Waals surface area contributed by atoms with Crippen molar-refractivity contribution in [3.8, 4) is 0 Å². The van der Waals surface area contributed by atoms with Gasteiger partial charge in [0, 0.05) is 24.4 Å². The van der Waals surface area contributed by atoms with E-state index < -0.39 is 0 Å². The summed E-state index contributed by atoms with van der Waals surface area (Å²) in [5.41, 5.74) is 1.04. The minimum absolute atomic E-state index is 0.192. The van der Waals surface area contributed by atoms with Crippen LogP contribution in [0.15, 0.2) is 12.4 Å². The molecular formula is C13H23N3O. The second-order valence-electron chi connectivity index (χ2n) is 4.99. The Kier molecular flexibility index (Phi) is 5.35. The lowest BCUT2D eigenvalue weighted by Crippen LogP contribution is -2.27. The van der Waals surface area contributed by atoms with Gasteiger partial charge in [-0.2, -0.15) is 0 Å². The van der Waals surface area contributed by atoms with Gasteiger partial charge in [-0.15, -0.1) is 0 Å². The summed E-state index contributed by atoms with van der Waals surface area (Å²) >= 11 is 0. The molecule has 0 saturated carbocycles. The van der Waals surface area contributed by atoms with Crippen molar-refractivity contribution >= 4 is 5.82 Å². The number of nitrogens with one attached hydrogen (secondary N) is 1. The second kappa shape index (κ2) is 6.55. The summed E-state index contributed by atoms with van der Waals surface area (Å²) in [6, 6.07) is 2.23. The third-order valence-corrected chi connectivity index (χ3v) is 2.86. The minimum Gasteiger partial charge on any atom is -0.396 e. The first kappa shape index (κ1) is 13.9. The van der Waals surface area contributed by atoms with Crippen LogP contribution in [0, 0.1) is 5.92 Å². The molecule has 1 heterocycles. The molecule has 0 spiro atoms. The van der Waals surface area contributed by atoms with E-state index in [1.807, 2.05) is 6.07 Å². The minimum atomic E-state index is 0.192. The van der Waals surface area contributed by atoms with Crippen molar-refractivity contribution in [2.45, 2.75) is 46.1 Å². The van der Waals surface area contributed by atoms with Gasteiger partial charge >= 0.3 is 0 Å². The number of hydrogen-bond acceptors (Lipinski definition) is 4. The van der Waals surface area contributed by atoms with Gasteiger partial charge in [0.15, 0.2) is 0 Å². The topological polar surface area (TPSA) is 58.0 Å². The van der Waals surface area contributed by atoms with Crippen molar-refractivity contribution in [2.24, 2.45) is 5.92 Å². The first-order chi connectivity index (χ1) is 8.04. The summed E-state index contributed by atoms with van der Waals surface area (Å²) in [5.74, 6) is 1.70. The normalized spacial score (nSPS) is 13.1. The van der Waals surface area contributed by atoms with Crippen molar-refractivity contribution in [2.75, 3.05) is 11.9 Å². The van der Waals surface area contributed by atoms with Gasteiger partial charge in [0.25, 0.3) is 0 Å². The number of hydrogen-bond donors (Lipinski definition) is 2. The molecule has 0 aliphatic rings. The highest BCUT2D eigenvalue weighted by Gasteiger charge is 2.13. The molecule has 2 N–H and O–H groups in total. The van der Waals surface area contributed by atoms with Crippen LogP contribution in [-0.4, -0.2) is 27.7 Å². The third kappa shape index (κ3) is 4.30. The van der Waals surface area contributed by atoms with Gasteiger partial charge in [0.2, 0.25) is 0 Å². The predicted octanol–water partition coefficient (Wildman–Crippen LogP) is 2.42. The fourth-order valence-electron chi connectivity index (χ4n) is 1.67. The standard InChI is InChI=1S/C13H23N3O/c1-9(2)11(5-6-17)16-13-7-12(10(3)4)14-8-15-13/h7-11,17H,5-6H2,1-4H3,(H,14,15,16). The van der Waals surface area contributed by atoms with E-state index in [9.17, 15) is 0 Å². The average molecular weight is 237 g/mol. The molecule has 1 aromatic heterocycles. The van der Waals surface area contributed by atoms with Gasteiger partial charge in [0.05, 0.1) is 0 Å². The lowest BCUT2D eigenvalue weighted by atomic mass is 10.0. The second-order valence-corrected chi connectivity index (χ2v) is 4.99. The average Bonchev–Trinajstić information content (AvgIpc) is 2.28. The van der Waals surface area contributed by atoms with Crippen LogP contribution in [-0.2, 0) is 0 Å². The number of aromatic nitrogens is 2. The zero-order valence-electron chi connectivity index (χ0n) is 11.1. The highest BCUT2D eigenvalue weighted by atomic mass is 16.3. The van der Waals surface area contributed by atoms with Crippen LogP contribution in [0.4, 0.5) is 5.82 Å². The Bertz CT molecular complexity index is 339. The van der Waals surface area contributed by atoms with E-state index in [2.05, 4.69) is 43.0 Å². The molecule has 0 aromatic carbocycles. The highest BCUT2D eigenvalue weighted by molar-refractivity contribution is 5.36. The van der Waals surface area contributed by atoms with Crippen molar-refractivity contribution in [1.82, 2.24) is 9.97 Å². The molecule has 1 unspecified atom stereocenters. The summed E-state index contributed by atoms with van der Waals surface area (Å²) in [5, 5.41) is 12.4. The third-order valence-electron chi connectivity index (χ3n) is 2.86. The maximum atomic E-state index is 9.03. The van der Waals surface area contributed by atoms with Crippen LogP contribution in [0.5, 0.6) is 0 Å². The molecule has 1 aromatic rings. The summed E-state index contributed by atoms with van der Waals surface area (Å²) in [7, 11) is 0. The fraction of sp³-hybridized carbons (Fsp3) is 0.692. The van der Waals surface area contributed by atoms with Crippen molar-refractivity contribution in [1.29, 1.82) is 0 Å². The zero-order valence-corrected chi connectivity index (χ0v) is 11.1. The Balaban J connectivity index is 2.75. The number of aliphatic hydroxyl groups is 1. The molecule has 4 heteroatoms. The van der Waals surface area contributed by atoms with Gasteiger partial charge < -0.3 is 10.4 Å². The predicted molar refractivity (Wildman–Crippen MR) is 70.1 cm³/mol. The van der Waals surface area contributed by atoms with Crippen LogP contribution in [0.2, 0.25) is 0 Å². The van der Waals surface area contributed by atoms with E-state index in [0.717, 1.165) is 17.9 Å². The van der Waals surface area contributed by atoms with Crippen LogP contribution < -0.4 is 5.32 Å². The summed E-state index contributed by atoms with van der Waals surface area (Å²) in [6.07, 6.45) is 2.33. The molecule has 0 bridgehead atoms. The van der Waals surface area contributed by atoms with Gasteiger partial charge in [0.1, 0.15) is 12.1 Å². The quantitative estimate of drug-likeness (QED) is 0.797. The van der Waals surface area contributed by atoms with Crippen molar-refractivity contribution in [3.05, 3.63) is 18.1 Å². The molecule has 0 amide bonds. The van der Waals surface area contributed by atoms with Crippen molar-refractivity contribution < 1.29 is 5.11 Å². The molecule has 0 saturated heterocycles. The maximum Gasteiger partial charge on any atom is 0.129 e. The van der Waals surface area contributed by atoms with E-state index in [-0.39, 0.29) is 12.6 Å². The van der Waals surface area contributed by atoms with Crippen LogP contribution in [0.25, 0.3) is 0 Å². The summed E-state index contributed by atoms with van der Waals surface area (Å²) in [6.45, 7) is 8.69. The first-order valence-electron chi connectivity index (χ1n) is 6.24. The van der Waals surface area contributed by atoms with Gasteiger partial charge in [-0.05, 0) is 18.3 Å². The molecule has 1 rings (SSSR count).